The van der Waals surface area contributed by atoms with Gasteiger partial charge in [0.05, 0.1) is 17.5 Å². The SMILES string of the molecule is Cc1noc(C)c1CSCC(=O)NC(C)c1ccc(NC(=O)C2CC2)cc1. The Bertz CT molecular complexity index is 793. The summed E-state index contributed by atoms with van der Waals surface area (Å²) in [6.45, 7) is 5.74. The van der Waals surface area contributed by atoms with Crippen molar-refractivity contribution in [2.45, 2.75) is 45.4 Å². The number of nitrogens with one attached hydrogen (secondary N) is 2. The van der Waals surface area contributed by atoms with Crippen LogP contribution < -0.4 is 10.6 Å². The molecule has 1 aliphatic carbocycles. The molecule has 2 aromatic rings. The molecule has 0 saturated heterocycles. The number of aromatic nitrogens is 1. The van der Waals surface area contributed by atoms with Crippen LogP contribution in [0.5, 0.6) is 0 Å². The van der Waals surface area contributed by atoms with Crippen molar-refractivity contribution in [2.24, 2.45) is 5.92 Å². The van der Waals surface area contributed by atoms with E-state index in [0.717, 1.165) is 41.1 Å². The van der Waals surface area contributed by atoms with Crippen LogP contribution >= 0.6 is 11.8 Å². The average Bonchev–Trinajstić information content (AvgIpc) is 3.44. The van der Waals surface area contributed by atoms with Crippen molar-refractivity contribution in [1.82, 2.24) is 10.5 Å². The topological polar surface area (TPSA) is 84.2 Å². The van der Waals surface area contributed by atoms with Gasteiger partial charge in [-0.05, 0) is 51.3 Å². The number of carbonyl (C=O) groups is 2. The molecule has 6 nitrogen and oxygen atoms in total. The van der Waals surface area contributed by atoms with E-state index < -0.39 is 0 Å². The second-order valence-corrected chi connectivity index (χ2v) is 7.96. The number of carbonyl (C=O) groups excluding carboxylic acids is 2. The minimum Gasteiger partial charge on any atom is -0.361 e. The molecule has 0 spiro atoms. The van der Waals surface area contributed by atoms with Crippen LogP contribution in [-0.2, 0) is 15.3 Å². The lowest BCUT2D eigenvalue weighted by Gasteiger charge is -2.15. The molecule has 7 heteroatoms. The summed E-state index contributed by atoms with van der Waals surface area (Å²) in [5.41, 5.74) is 3.74. The Labute approximate surface area is 163 Å². The molecule has 0 aliphatic heterocycles. The van der Waals surface area contributed by atoms with Crippen molar-refractivity contribution >= 4 is 29.3 Å². The van der Waals surface area contributed by atoms with Gasteiger partial charge < -0.3 is 15.2 Å². The second-order valence-electron chi connectivity index (χ2n) is 6.97. The molecule has 1 fully saturated rings. The molecule has 1 aliphatic rings. The van der Waals surface area contributed by atoms with Crippen LogP contribution in [-0.4, -0.2) is 22.7 Å². The standard InChI is InChI=1S/C20H25N3O3S/c1-12(15-6-8-17(9-7-15)22-20(25)16-4-5-16)21-19(24)11-27-10-18-13(2)23-26-14(18)3/h6-9,12,16H,4-5,10-11H2,1-3H3,(H,21,24)(H,22,25). The Morgan fingerprint density at radius 1 is 1.26 bits per heavy atom. The van der Waals surface area contributed by atoms with Gasteiger partial charge in [0.25, 0.3) is 0 Å². The molecule has 0 bridgehead atoms. The summed E-state index contributed by atoms with van der Waals surface area (Å²) in [6.07, 6.45) is 1.97. The van der Waals surface area contributed by atoms with Gasteiger partial charge in [-0.3, -0.25) is 9.59 Å². The fourth-order valence-electron chi connectivity index (χ4n) is 2.77. The fraction of sp³-hybridized carbons (Fsp3) is 0.450. The highest BCUT2D eigenvalue weighted by Gasteiger charge is 2.29. The average molecular weight is 388 g/mol. The maximum absolute atomic E-state index is 12.2. The van der Waals surface area contributed by atoms with E-state index in [4.69, 9.17) is 4.52 Å². The number of benzene rings is 1. The first kappa shape index (κ1) is 19.5. The summed E-state index contributed by atoms with van der Waals surface area (Å²) in [5, 5.41) is 9.85. The maximum atomic E-state index is 12.2. The molecular formula is C20H25N3O3S. The molecule has 2 amide bonds. The zero-order valence-corrected chi connectivity index (χ0v) is 16.7. The van der Waals surface area contributed by atoms with E-state index in [1.54, 1.807) is 11.8 Å². The normalized spacial score (nSPS) is 14.6. The zero-order chi connectivity index (χ0) is 19.4. The maximum Gasteiger partial charge on any atom is 0.230 e. The largest absolute Gasteiger partial charge is 0.361 e. The fourth-order valence-corrected chi connectivity index (χ4v) is 3.75. The summed E-state index contributed by atoms with van der Waals surface area (Å²) < 4.78 is 5.14. The van der Waals surface area contributed by atoms with Crippen molar-refractivity contribution < 1.29 is 14.1 Å². The lowest BCUT2D eigenvalue weighted by atomic mass is 10.1. The highest BCUT2D eigenvalue weighted by Crippen LogP contribution is 2.30. The monoisotopic (exact) mass is 387 g/mol. The van der Waals surface area contributed by atoms with Crippen LogP contribution in [0.25, 0.3) is 0 Å². The van der Waals surface area contributed by atoms with Crippen LogP contribution in [0.2, 0.25) is 0 Å². The van der Waals surface area contributed by atoms with Crippen molar-refractivity contribution in [3.63, 3.8) is 0 Å². The first-order chi connectivity index (χ1) is 12.9. The molecule has 1 heterocycles. The van der Waals surface area contributed by atoms with E-state index in [1.807, 2.05) is 45.0 Å². The number of hydrogen-bond acceptors (Lipinski definition) is 5. The van der Waals surface area contributed by atoms with Crippen molar-refractivity contribution in [3.8, 4) is 0 Å². The predicted octanol–water partition coefficient (Wildman–Crippen LogP) is 3.75. The van der Waals surface area contributed by atoms with E-state index >= 15 is 0 Å². The number of aryl methyl sites for hydroxylation is 2. The van der Waals surface area contributed by atoms with Crippen LogP contribution in [0.1, 0.15) is 48.4 Å². The Hall–Kier alpha value is -2.28. The first-order valence-corrected chi connectivity index (χ1v) is 10.3. The molecule has 144 valence electrons. The summed E-state index contributed by atoms with van der Waals surface area (Å²) in [6, 6.07) is 7.54. The summed E-state index contributed by atoms with van der Waals surface area (Å²) in [7, 11) is 0. The third kappa shape index (κ3) is 5.35. The lowest BCUT2D eigenvalue weighted by molar-refractivity contribution is -0.119. The quantitative estimate of drug-likeness (QED) is 0.721. The number of thioether (sulfide) groups is 1. The number of nitrogens with zero attached hydrogens (tertiary/aromatic N) is 1. The van der Waals surface area contributed by atoms with E-state index in [0.29, 0.717) is 11.5 Å². The van der Waals surface area contributed by atoms with Gasteiger partial charge in [0.15, 0.2) is 0 Å². The molecule has 1 aromatic carbocycles. The van der Waals surface area contributed by atoms with Gasteiger partial charge in [0.1, 0.15) is 5.76 Å². The van der Waals surface area contributed by atoms with Crippen molar-refractivity contribution in [3.05, 3.63) is 46.8 Å². The number of hydrogen-bond donors (Lipinski definition) is 2. The molecule has 3 rings (SSSR count). The Morgan fingerprint density at radius 2 is 1.96 bits per heavy atom. The summed E-state index contributed by atoms with van der Waals surface area (Å²) in [5.74, 6) is 2.17. The van der Waals surface area contributed by atoms with E-state index in [9.17, 15) is 9.59 Å². The summed E-state index contributed by atoms with van der Waals surface area (Å²) in [4.78, 5) is 24.0. The Kier molecular flexibility index (Phi) is 6.21. The van der Waals surface area contributed by atoms with E-state index in [-0.39, 0.29) is 23.8 Å². The Balaban J connectivity index is 1.44. The smallest absolute Gasteiger partial charge is 0.230 e. The van der Waals surface area contributed by atoms with Crippen LogP contribution in [0.4, 0.5) is 5.69 Å². The van der Waals surface area contributed by atoms with Gasteiger partial charge in [-0.25, -0.2) is 0 Å². The van der Waals surface area contributed by atoms with Gasteiger partial charge in [-0.2, -0.15) is 0 Å². The first-order valence-electron chi connectivity index (χ1n) is 9.13. The van der Waals surface area contributed by atoms with E-state index in [1.165, 1.54) is 0 Å². The summed E-state index contributed by atoms with van der Waals surface area (Å²) >= 11 is 1.54. The van der Waals surface area contributed by atoms with Gasteiger partial charge in [-0.1, -0.05) is 17.3 Å². The van der Waals surface area contributed by atoms with Crippen LogP contribution in [0, 0.1) is 19.8 Å². The molecule has 2 N–H and O–H groups in total. The van der Waals surface area contributed by atoms with Crippen LogP contribution in [0.15, 0.2) is 28.8 Å². The van der Waals surface area contributed by atoms with Gasteiger partial charge in [0, 0.05) is 22.9 Å². The number of amides is 2. The number of rotatable bonds is 8. The van der Waals surface area contributed by atoms with Gasteiger partial charge in [-0.15, -0.1) is 11.8 Å². The van der Waals surface area contributed by atoms with E-state index in [2.05, 4.69) is 15.8 Å². The van der Waals surface area contributed by atoms with Crippen LogP contribution in [0.3, 0.4) is 0 Å². The third-order valence-electron chi connectivity index (χ3n) is 4.66. The highest BCUT2D eigenvalue weighted by atomic mass is 32.2. The second kappa shape index (κ2) is 8.61. The van der Waals surface area contributed by atoms with Gasteiger partial charge >= 0.3 is 0 Å². The molecular weight excluding hydrogens is 362 g/mol. The lowest BCUT2D eigenvalue weighted by Crippen LogP contribution is -2.28. The number of anilines is 1. The highest BCUT2D eigenvalue weighted by molar-refractivity contribution is 7.99. The molecule has 0 radical (unpaired) electrons. The third-order valence-corrected chi connectivity index (χ3v) is 5.62. The zero-order valence-electron chi connectivity index (χ0n) is 15.9. The van der Waals surface area contributed by atoms with Crippen molar-refractivity contribution in [1.29, 1.82) is 0 Å². The molecule has 27 heavy (non-hydrogen) atoms. The van der Waals surface area contributed by atoms with Crippen molar-refractivity contribution in [2.75, 3.05) is 11.1 Å². The molecule has 1 unspecified atom stereocenters. The Morgan fingerprint density at radius 3 is 2.56 bits per heavy atom. The van der Waals surface area contributed by atoms with Gasteiger partial charge in [0.2, 0.25) is 11.8 Å². The molecule has 1 saturated carbocycles. The predicted molar refractivity (Wildman–Crippen MR) is 106 cm³/mol. The minimum atomic E-state index is -0.0923. The molecule has 1 aromatic heterocycles. The minimum absolute atomic E-state index is 0.00891. The molecule has 1 atom stereocenters.